The standard InChI is InChI=1S/C44H58N8O6/c1-26(2)38(50-43(55)57-5)41(53)45-20-8-7-17-37-46-24-34(48-37)30-14-9-12-28(22-30)32-15-10-13-29-23-31(18-19-33(29)32)35-25-47-40(49-35)36-16-11-21-52(36)42(54)39(27(3)4)51-44(56)58-6/h9-10,12-15,18-19,22-23,26-27,34-36,38-39H,7-8,11,16-17,20-21,24-25H2,1-6H3,(H,45,53)(H,46,48)(H,47,49)(H,50,55)(H,51,56)/t34?,35?,36-,38-,39-/m0/s1. The third kappa shape index (κ3) is 9.89. The second kappa shape index (κ2) is 19.2. The zero-order valence-electron chi connectivity index (χ0n) is 34.5. The van der Waals surface area contributed by atoms with Crippen LogP contribution in [0, 0.1) is 11.8 Å². The highest BCUT2D eigenvalue weighted by Gasteiger charge is 2.39. The number of carbonyl (C=O) groups excluding carboxylic acids is 4. The maximum absolute atomic E-state index is 13.6. The Morgan fingerprint density at radius 1 is 0.810 bits per heavy atom. The Balaban J connectivity index is 1.03. The van der Waals surface area contributed by atoms with Crippen molar-refractivity contribution < 1.29 is 28.7 Å². The molecule has 1 fully saturated rings. The van der Waals surface area contributed by atoms with Crippen molar-refractivity contribution in [1.29, 1.82) is 0 Å². The lowest BCUT2D eigenvalue weighted by Gasteiger charge is -2.31. The SMILES string of the molecule is COC(=O)N[C@H](C(=O)NCCCCC1=NCC(c2cccc(-c3cccc4cc(C5CN=C([C@@H]6CCCN6C(=O)[C@@H](NC(=O)OC)C(C)C)N5)ccc34)c2)N1)C(C)C. The summed E-state index contributed by atoms with van der Waals surface area (Å²) in [6.07, 6.45) is 2.91. The summed E-state index contributed by atoms with van der Waals surface area (Å²) in [6, 6.07) is 20.3. The van der Waals surface area contributed by atoms with E-state index >= 15 is 0 Å². The quantitative estimate of drug-likeness (QED) is 0.123. The zero-order chi connectivity index (χ0) is 41.3. The van der Waals surface area contributed by atoms with Crippen molar-refractivity contribution in [2.75, 3.05) is 40.4 Å². The topological polar surface area (TPSA) is 175 Å². The summed E-state index contributed by atoms with van der Waals surface area (Å²) in [5.41, 5.74) is 4.61. The first-order valence-electron chi connectivity index (χ1n) is 20.5. The van der Waals surface area contributed by atoms with E-state index in [1.165, 1.54) is 19.8 Å². The number of nitrogens with one attached hydrogen (secondary N) is 5. The van der Waals surface area contributed by atoms with E-state index in [9.17, 15) is 19.2 Å². The number of unbranched alkanes of at least 4 members (excludes halogenated alkanes) is 1. The molecule has 1 saturated heterocycles. The Morgan fingerprint density at radius 3 is 2.24 bits per heavy atom. The van der Waals surface area contributed by atoms with E-state index in [1.54, 1.807) is 0 Å². The number of nitrogens with zero attached hydrogens (tertiary/aromatic N) is 3. The minimum Gasteiger partial charge on any atom is -0.453 e. The molecule has 5 N–H and O–H groups in total. The zero-order valence-corrected chi connectivity index (χ0v) is 34.5. The van der Waals surface area contributed by atoms with Crippen molar-refractivity contribution in [2.45, 2.75) is 90.0 Å². The Bertz CT molecular complexity index is 2030. The summed E-state index contributed by atoms with van der Waals surface area (Å²) in [7, 11) is 2.58. The number of hydrogen-bond donors (Lipinski definition) is 5. The van der Waals surface area contributed by atoms with Crippen molar-refractivity contribution in [3.8, 4) is 11.1 Å². The minimum absolute atomic E-state index is 0.00742. The fourth-order valence-corrected chi connectivity index (χ4v) is 8.03. The molecule has 310 valence electrons. The molecule has 3 aromatic carbocycles. The van der Waals surface area contributed by atoms with Crippen LogP contribution in [0.5, 0.6) is 0 Å². The van der Waals surface area contributed by atoms with E-state index in [1.807, 2.05) is 32.6 Å². The van der Waals surface area contributed by atoms with E-state index < -0.39 is 24.3 Å². The van der Waals surface area contributed by atoms with Gasteiger partial charge in [0.15, 0.2) is 0 Å². The summed E-state index contributed by atoms with van der Waals surface area (Å²) in [6.45, 7) is 9.97. The lowest BCUT2D eigenvalue weighted by atomic mass is 9.93. The monoisotopic (exact) mass is 794 g/mol. The first-order valence-corrected chi connectivity index (χ1v) is 20.5. The molecule has 3 aromatic rings. The van der Waals surface area contributed by atoms with Gasteiger partial charge in [0.2, 0.25) is 11.8 Å². The molecule has 3 aliphatic heterocycles. The van der Waals surface area contributed by atoms with E-state index in [0.29, 0.717) is 26.2 Å². The molecule has 14 nitrogen and oxygen atoms in total. The molecule has 3 heterocycles. The normalized spacial score (nSPS) is 19.9. The van der Waals surface area contributed by atoms with Crippen LogP contribution >= 0.6 is 0 Å². The Hall–Kier alpha value is -5.66. The molecule has 2 unspecified atom stereocenters. The smallest absolute Gasteiger partial charge is 0.407 e. The first kappa shape index (κ1) is 42.0. The van der Waals surface area contributed by atoms with Crippen LogP contribution in [0.1, 0.15) is 83.0 Å². The Morgan fingerprint density at radius 2 is 1.50 bits per heavy atom. The highest BCUT2D eigenvalue weighted by atomic mass is 16.5. The third-order valence-electron chi connectivity index (χ3n) is 11.3. The van der Waals surface area contributed by atoms with Crippen molar-refractivity contribution >= 4 is 46.4 Å². The maximum Gasteiger partial charge on any atom is 0.407 e. The number of carbonyl (C=O) groups is 4. The van der Waals surface area contributed by atoms with Gasteiger partial charge in [0.25, 0.3) is 0 Å². The summed E-state index contributed by atoms with van der Waals surface area (Å²) in [5, 5.41) is 17.8. The molecule has 58 heavy (non-hydrogen) atoms. The second-order valence-electron chi connectivity index (χ2n) is 16.0. The molecular weight excluding hydrogens is 737 g/mol. The number of amidine groups is 2. The highest BCUT2D eigenvalue weighted by molar-refractivity contribution is 5.98. The molecular formula is C44H58N8O6. The van der Waals surface area contributed by atoms with Crippen molar-refractivity contribution in [3.05, 3.63) is 71.8 Å². The van der Waals surface area contributed by atoms with Crippen LogP contribution in [0.25, 0.3) is 21.9 Å². The van der Waals surface area contributed by atoms with Gasteiger partial charge in [0, 0.05) is 19.5 Å². The minimum atomic E-state index is -0.672. The van der Waals surface area contributed by atoms with Gasteiger partial charge in [-0.2, -0.15) is 0 Å². The average molecular weight is 795 g/mol. The number of fused-ring (bicyclic) bond motifs is 1. The van der Waals surface area contributed by atoms with Crippen LogP contribution in [-0.2, 0) is 19.1 Å². The van der Waals surface area contributed by atoms with Gasteiger partial charge in [-0.25, -0.2) is 9.59 Å². The van der Waals surface area contributed by atoms with Crippen LogP contribution in [-0.4, -0.2) is 99.1 Å². The summed E-state index contributed by atoms with van der Waals surface area (Å²) in [4.78, 5) is 61.4. The number of likely N-dealkylation sites (tertiary alicyclic amines) is 1. The van der Waals surface area contributed by atoms with Gasteiger partial charge in [-0.05, 0) is 82.7 Å². The number of alkyl carbamates (subject to hydrolysis) is 2. The summed E-state index contributed by atoms with van der Waals surface area (Å²) in [5.74, 6) is 1.31. The lowest BCUT2D eigenvalue weighted by Crippen LogP contribution is -2.54. The van der Waals surface area contributed by atoms with Gasteiger partial charge in [-0.15, -0.1) is 0 Å². The lowest BCUT2D eigenvalue weighted by molar-refractivity contribution is -0.134. The van der Waals surface area contributed by atoms with Gasteiger partial charge in [-0.1, -0.05) is 76.2 Å². The Labute approximate surface area is 341 Å². The maximum atomic E-state index is 13.6. The number of methoxy groups -OCH3 is 2. The van der Waals surface area contributed by atoms with E-state index in [4.69, 9.17) is 14.7 Å². The molecule has 5 atom stereocenters. The number of hydrogen-bond acceptors (Lipinski definition) is 10. The van der Waals surface area contributed by atoms with Gasteiger partial charge >= 0.3 is 12.2 Å². The molecule has 0 bridgehead atoms. The van der Waals surface area contributed by atoms with Gasteiger partial charge < -0.3 is 41.0 Å². The Kier molecular flexibility index (Phi) is 13.9. The van der Waals surface area contributed by atoms with Crippen molar-refractivity contribution in [2.24, 2.45) is 21.8 Å². The van der Waals surface area contributed by atoms with E-state index in [0.717, 1.165) is 71.2 Å². The first-order chi connectivity index (χ1) is 28.0. The third-order valence-corrected chi connectivity index (χ3v) is 11.3. The predicted molar refractivity (Wildman–Crippen MR) is 226 cm³/mol. The molecule has 14 heteroatoms. The van der Waals surface area contributed by atoms with Crippen LogP contribution in [0.2, 0.25) is 0 Å². The van der Waals surface area contributed by atoms with Crippen LogP contribution in [0.3, 0.4) is 0 Å². The number of benzene rings is 3. The fourth-order valence-electron chi connectivity index (χ4n) is 8.03. The molecule has 3 aliphatic rings. The van der Waals surface area contributed by atoms with Gasteiger partial charge in [0.1, 0.15) is 17.9 Å². The van der Waals surface area contributed by atoms with Crippen molar-refractivity contribution in [3.63, 3.8) is 0 Å². The molecule has 6 rings (SSSR count). The molecule has 0 spiro atoms. The second-order valence-corrected chi connectivity index (χ2v) is 16.0. The number of amides is 4. The largest absolute Gasteiger partial charge is 0.453 e. The van der Waals surface area contributed by atoms with Gasteiger partial charge in [-0.3, -0.25) is 19.6 Å². The number of rotatable bonds is 15. The molecule has 0 saturated carbocycles. The number of ether oxygens (including phenoxy) is 2. The summed E-state index contributed by atoms with van der Waals surface area (Å²) >= 11 is 0. The van der Waals surface area contributed by atoms with E-state index in [-0.39, 0.29) is 41.8 Å². The predicted octanol–water partition coefficient (Wildman–Crippen LogP) is 5.63. The van der Waals surface area contributed by atoms with Crippen LogP contribution in [0.4, 0.5) is 9.59 Å². The average Bonchev–Trinajstić information content (AvgIpc) is 4.03. The van der Waals surface area contributed by atoms with Crippen LogP contribution in [0.15, 0.2) is 70.6 Å². The molecule has 0 aromatic heterocycles. The molecule has 0 radical (unpaired) electrons. The summed E-state index contributed by atoms with van der Waals surface area (Å²) < 4.78 is 9.44. The molecule has 4 amide bonds. The van der Waals surface area contributed by atoms with Gasteiger partial charge in [0.05, 0.1) is 51.3 Å². The highest BCUT2D eigenvalue weighted by Crippen LogP contribution is 2.33. The van der Waals surface area contributed by atoms with E-state index in [2.05, 4.69) is 92.0 Å². The van der Waals surface area contributed by atoms with Crippen LogP contribution < -0.4 is 26.6 Å². The number of aliphatic imine (C=N–C) groups is 2. The molecule has 0 aliphatic carbocycles. The fraction of sp³-hybridized carbons (Fsp3) is 0.500. The van der Waals surface area contributed by atoms with Crippen molar-refractivity contribution in [1.82, 2.24) is 31.5 Å².